The van der Waals surface area contributed by atoms with E-state index in [1.54, 1.807) is 0 Å². The van der Waals surface area contributed by atoms with E-state index in [9.17, 15) is 31.5 Å². The first-order valence-corrected chi connectivity index (χ1v) is 12.5. The number of hydrogen-bond acceptors (Lipinski definition) is 7. The number of carbonyl (C=O) groups is 1. The predicted octanol–water partition coefficient (Wildman–Crippen LogP) is 2.89. The fraction of sp³-hybridized carbons (Fsp3) is 0.391. The Kier molecular flexibility index (Phi) is 7.58. The molecule has 190 valence electrons. The number of oxime groups is 1. The standard InChI is InChI=1S/C23H25F3N2O6S/c1-12(29)6-13-7-18(25)21(19(26)8-13)16-5-4-14(9-17(16)24)20-10-15(34-28-20)11-23(2,22(30)27-31)35(3,32)33/h4-5,7-9,12,15,29,31H,6,10-11H2,1-3H3,(H,27,30)/t12-,15-,23?/m1/s1. The topological polar surface area (TPSA) is 125 Å². The molecule has 8 nitrogen and oxygen atoms in total. The van der Waals surface area contributed by atoms with Crippen molar-refractivity contribution in [3.8, 4) is 11.1 Å². The molecule has 0 aromatic heterocycles. The summed E-state index contributed by atoms with van der Waals surface area (Å²) in [5, 5.41) is 22.2. The summed E-state index contributed by atoms with van der Waals surface area (Å²) in [4.78, 5) is 17.3. The van der Waals surface area contributed by atoms with Crippen molar-refractivity contribution in [1.29, 1.82) is 0 Å². The average molecular weight is 515 g/mol. The van der Waals surface area contributed by atoms with E-state index >= 15 is 0 Å². The molecule has 1 aliphatic heterocycles. The molecule has 0 radical (unpaired) electrons. The lowest BCUT2D eigenvalue weighted by molar-refractivity contribution is -0.132. The van der Waals surface area contributed by atoms with Gasteiger partial charge >= 0.3 is 0 Å². The molecule has 0 bridgehead atoms. The number of hydrogen-bond donors (Lipinski definition) is 3. The zero-order valence-corrected chi connectivity index (χ0v) is 20.0. The van der Waals surface area contributed by atoms with Gasteiger partial charge < -0.3 is 9.94 Å². The van der Waals surface area contributed by atoms with Crippen molar-refractivity contribution < 1.29 is 41.5 Å². The Morgan fingerprint density at radius 1 is 1.23 bits per heavy atom. The monoisotopic (exact) mass is 514 g/mol. The van der Waals surface area contributed by atoms with E-state index in [-0.39, 0.29) is 41.7 Å². The molecule has 0 aliphatic carbocycles. The largest absolute Gasteiger partial charge is 0.393 e. The lowest BCUT2D eigenvalue weighted by atomic mass is 9.94. The highest BCUT2D eigenvalue weighted by atomic mass is 32.2. The molecule has 3 rings (SSSR count). The van der Waals surface area contributed by atoms with E-state index in [0.717, 1.165) is 31.4 Å². The number of nitrogens with one attached hydrogen (secondary N) is 1. The van der Waals surface area contributed by atoms with E-state index in [4.69, 9.17) is 10.0 Å². The molecule has 3 N–H and O–H groups in total. The minimum atomic E-state index is -3.95. The van der Waals surface area contributed by atoms with Crippen molar-refractivity contribution in [1.82, 2.24) is 5.48 Å². The van der Waals surface area contributed by atoms with Crippen LogP contribution in [-0.2, 0) is 25.9 Å². The maximum atomic E-state index is 14.9. The van der Waals surface area contributed by atoms with Crippen LogP contribution in [0, 0.1) is 17.5 Å². The summed E-state index contributed by atoms with van der Waals surface area (Å²) in [5.74, 6) is -4.00. The number of nitrogens with zero attached hydrogens (tertiary/aromatic N) is 1. The Hall–Kier alpha value is -2.96. The van der Waals surface area contributed by atoms with Gasteiger partial charge in [0.1, 0.15) is 23.6 Å². The van der Waals surface area contributed by atoms with Gasteiger partial charge in [0.15, 0.2) is 14.6 Å². The molecule has 1 unspecified atom stereocenters. The number of hydroxylamine groups is 1. The van der Waals surface area contributed by atoms with E-state index in [0.29, 0.717) is 0 Å². The van der Waals surface area contributed by atoms with Gasteiger partial charge in [0.05, 0.1) is 17.4 Å². The van der Waals surface area contributed by atoms with Gasteiger partial charge in [-0.05, 0) is 44.0 Å². The van der Waals surface area contributed by atoms with Gasteiger partial charge in [0.25, 0.3) is 5.91 Å². The second-order valence-electron chi connectivity index (χ2n) is 8.80. The summed E-state index contributed by atoms with van der Waals surface area (Å²) >= 11 is 0. The summed E-state index contributed by atoms with van der Waals surface area (Å²) in [5.41, 5.74) is 1.20. The summed E-state index contributed by atoms with van der Waals surface area (Å²) in [6.45, 7) is 2.62. The molecule has 2 aromatic carbocycles. The van der Waals surface area contributed by atoms with Crippen LogP contribution in [-0.4, -0.2) is 53.6 Å². The zero-order chi connectivity index (χ0) is 26.1. The minimum Gasteiger partial charge on any atom is -0.393 e. The molecule has 35 heavy (non-hydrogen) atoms. The van der Waals surface area contributed by atoms with Gasteiger partial charge in [-0.3, -0.25) is 10.0 Å². The van der Waals surface area contributed by atoms with Crippen LogP contribution in [0.3, 0.4) is 0 Å². The third kappa shape index (κ3) is 5.49. The fourth-order valence-electron chi connectivity index (χ4n) is 3.91. The molecule has 12 heteroatoms. The van der Waals surface area contributed by atoms with E-state index in [1.165, 1.54) is 24.5 Å². The van der Waals surface area contributed by atoms with Gasteiger partial charge in [-0.2, -0.15) is 0 Å². The molecular formula is C23H25F3N2O6S. The van der Waals surface area contributed by atoms with Gasteiger partial charge in [-0.25, -0.2) is 27.1 Å². The van der Waals surface area contributed by atoms with E-state index in [1.807, 2.05) is 0 Å². The summed E-state index contributed by atoms with van der Waals surface area (Å²) in [6, 6.07) is 5.69. The normalized spacial score (nSPS) is 18.4. The molecule has 0 saturated carbocycles. The number of aliphatic hydroxyl groups excluding tert-OH is 1. The highest BCUT2D eigenvalue weighted by Crippen LogP contribution is 2.33. The van der Waals surface area contributed by atoms with Crippen molar-refractivity contribution >= 4 is 21.5 Å². The minimum absolute atomic E-state index is 0.0272. The van der Waals surface area contributed by atoms with Crippen molar-refractivity contribution in [2.24, 2.45) is 5.16 Å². The van der Waals surface area contributed by atoms with Crippen LogP contribution in [0.4, 0.5) is 13.2 Å². The number of halogens is 3. The van der Waals surface area contributed by atoms with E-state index in [2.05, 4.69) is 5.16 Å². The molecule has 2 aromatic rings. The lowest BCUT2D eigenvalue weighted by Gasteiger charge is -2.26. The molecule has 1 heterocycles. The highest BCUT2D eigenvalue weighted by molar-refractivity contribution is 7.92. The van der Waals surface area contributed by atoms with Crippen LogP contribution in [0.1, 0.15) is 37.8 Å². The molecule has 0 fully saturated rings. The number of benzene rings is 2. The number of aliphatic hydroxyl groups is 1. The van der Waals surface area contributed by atoms with Crippen molar-refractivity contribution in [2.45, 2.75) is 50.1 Å². The highest BCUT2D eigenvalue weighted by Gasteiger charge is 2.47. The average Bonchev–Trinajstić information content (AvgIpc) is 3.20. The first-order valence-electron chi connectivity index (χ1n) is 10.6. The van der Waals surface area contributed by atoms with Gasteiger partial charge in [0.2, 0.25) is 0 Å². The molecule has 3 atom stereocenters. The predicted molar refractivity (Wildman–Crippen MR) is 121 cm³/mol. The van der Waals surface area contributed by atoms with E-state index < -0.39 is 55.7 Å². The van der Waals surface area contributed by atoms with Gasteiger partial charge in [-0.15, -0.1) is 0 Å². The van der Waals surface area contributed by atoms with Crippen LogP contribution in [0.2, 0.25) is 0 Å². The first-order chi connectivity index (χ1) is 16.3. The maximum Gasteiger partial charge on any atom is 0.264 e. The second-order valence-corrected chi connectivity index (χ2v) is 11.2. The van der Waals surface area contributed by atoms with Crippen LogP contribution in [0.5, 0.6) is 0 Å². The third-order valence-electron chi connectivity index (χ3n) is 5.96. The van der Waals surface area contributed by atoms with Crippen LogP contribution in [0.15, 0.2) is 35.5 Å². The molecule has 1 aliphatic rings. The Morgan fingerprint density at radius 3 is 2.37 bits per heavy atom. The molecular weight excluding hydrogens is 489 g/mol. The van der Waals surface area contributed by atoms with Crippen molar-refractivity contribution in [3.63, 3.8) is 0 Å². The number of carbonyl (C=O) groups excluding carboxylic acids is 1. The van der Waals surface area contributed by atoms with Gasteiger partial charge in [0, 0.05) is 30.2 Å². The Bertz CT molecular complexity index is 1260. The summed E-state index contributed by atoms with van der Waals surface area (Å²) in [6.07, 6.45) is -1.08. The number of amides is 1. The van der Waals surface area contributed by atoms with Crippen molar-refractivity contribution in [3.05, 3.63) is 58.9 Å². The fourth-order valence-corrected chi connectivity index (χ4v) is 4.78. The Labute approximate surface area is 200 Å². The van der Waals surface area contributed by atoms with Gasteiger partial charge in [-0.1, -0.05) is 17.3 Å². The Balaban J connectivity index is 1.82. The quantitative estimate of drug-likeness (QED) is 0.368. The summed E-state index contributed by atoms with van der Waals surface area (Å²) < 4.78 is 66.4. The molecule has 1 amide bonds. The summed E-state index contributed by atoms with van der Waals surface area (Å²) in [7, 11) is -3.95. The molecule has 0 spiro atoms. The Morgan fingerprint density at radius 2 is 1.86 bits per heavy atom. The van der Waals surface area contributed by atoms with Crippen LogP contribution < -0.4 is 5.48 Å². The zero-order valence-electron chi connectivity index (χ0n) is 19.2. The maximum absolute atomic E-state index is 14.9. The van der Waals surface area contributed by atoms with Crippen LogP contribution >= 0.6 is 0 Å². The smallest absolute Gasteiger partial charge is 0.264 e. The first kappa shape index (κ1) is 26.6. The number of rotatable bonds is 8. The second kappa shape index (κ2) is 9.96. The molecule has 0 saturated heterocycles. The number of sulfone groups is 1. The van der Waals surface area contributed by atoms with Crippen LogP contribution in [0.25, 0.3) is 11.1 Å². The van der Waals surface area contributed by atoms with Crippen molar-refractivity contribution in [2.75, 3.05) is 6.26 Å². The lowest BCUT2D eigenvalue weighted by Crippen LogP contribution is -2.51. The third-order valence-corrected chi connectivity index (χ3v) is 7.94. The SMILES string of the molecule is C[C@@H](O)Cc1cc(F)c(-c2ccc(C3=NO[C@@H](CC(C)(C(=O)NO)S(C)(=O)=O)C3)cc2F)c(F)c1.